The topological polar surface area (TPSA) is 66.8 Å². The van der Waals surface area contributed by atoms with Crippen LogP contribution in [0.4, 0.5) is 13.2 Å². The van der Waals surface area contributed by atoms with Gasteiger partial charge in [0.2, 0.25) is 0 Å². The van der Waals surface area contributed by atoms with Crippen molar-refractivity contribution in [3.63, 3.8) is 0 Å². The van der Waals surface area contributed by atoms with Crippen molar-refractivity contribution in [1.82, 2.24) is 4.90 Å². The van der Waals surface area contributed by atoms with Gasteiger partial charge in [0.1, 0.15) is 5.75 Å². The maximum Gasteiger partial charge on any atom is 0.422 e. The number of hydrogen-bond acceptors (Lipinski definition) is 3. The molecule has 0 aromatic heterocycles. The van der Waals surface area contributed by atoms with E-state index in [1.54, 1.807) is 0 Å². The van der Waals surface area contributed by atoms with Crippen LogP contribution in [0.15, 0.2) is 24.3 Å². The van der Waals surface area contributed by atoms with E-state index < -0.39 is 24.2 Å². The monoisotopic (exact) mass is 359 g/mol. The lowest BCUT2D eigenvalue weighted by Crippen LogP contribution is -2.40. The van der Waals surface area contributed by atoms with Crippen molar-refractivity contribution < 1.29 is 32.6 Å². The van der Waals surface area contributed by atoms with Gasteiger partial charge in [-0.15, -0.1) is 0 Å². The van der Waals surface area contributed by atoms with Gasteiger partial charge in [0.05, 0.1) is 5.41 Å². The zero-order chi connectivity index (χ0) is 18.8. The number of carboxylic acids is 1. The first kappa shape index (κ1) is 19.1. The number of likely N-dealkylation sites (tertiary alicyclic amines) is 1. The second-order valence-corrected chi connectivity index (χ2v) is 6.52. The summed E-state index contributed by atoms with van der Waals surface area (Å²) in [6.45, 7) is 2.67. The summed E-state index contributed by atoms with van der Waals surface area (Å²) in [6.07, 6.45) is -4.06. The number of carbonyl (C=O) groups is 2. The molecule has 1 aliphatic rings. The summed E-state index contributed by atoms with van der Waals surface area (Å²) in [7, 11) is 0. The maximum atomic E-state index is 12.5. The Labute approximate surface area is 143 Å². The van der Waals surface area contributed by atoms with Crippen LogP contribution in [0.2, 0.25) is 0 Å². The Morgan fingerprint density at radius 1 is 1.28 bits per heavy atom. The molecule has 1 unspecified atom stereocenters. The van der Waals surface area contributed by atoms with E-state index >= 15 is 0 Å². The molecule has 1 aromatic rings. The van der Waals surface area contributed by atoms with Crippen LogP contribution in [0.5, 0.6) is 5.75 Å². The fraction of sp³-hybridized carbons (Fsp3) is 0.529. The molecule has 1 fully saturated rings. The molecule has 1 amide bonds. The molecular weight excluding hydrogens is 339 g/mol. The Morgan fingerprint density at radius 2 is 1.88 bits per heavy atom. The predicted octanol–water partition coefficient (Wildman–Crippen LogP) is 3.20. The van der Waals surface area contributed by atoms with E-state index in [1.807, 2.05) is 13.8 Å². The van der Waals surface area contributed by atoms with Gasteiger partial charge in [0.15, 0.2) is 6.61 Å². The summed E-state index contributed by atoms with van der Waals surface area (Å²) in [4.78, 5) is 25.6. The van der Waals surface area contributed by atoms with E-state index in [0.717, 1.165) is 0 Å². The van der Waals surface area contributed by atoms with Gasteiger partial charge in [-0.1, -0.05) is 13.8 Å². The van der Waals surface area contributed by atoms with Crippen molar-refractivity contribution >= 4 is 11.9 Å². The summed E-state index contributed by atoms with van der Waals surface area (Å²) in [5, 5.41) is 9.52. The predicted molar refractivity (Wildman–Crippen MR) is 83.4 cm³/mol. The standard InChI is InChI=1S/C17H20F3NO4/c1-11(2)16(15(23)24)7-8-21(9-16)14(22)12-3-5-13(6-4-12)25-10-17(18,19)20/h3-6,11H,7-10H2,1-2H3,(H,23,24). The van der Waals surface area contributed by atoms with Gasteiger partial charge in [-0.05, 0) is 36.6 Å². The van der Waals surface area contributed by atoms with Crippen LogP contribution in [0.25, 0.3) is 0 Å². The normalized spacial score (nSPS) is 20.8. The minimum atomic E-state index is -4.43. The zero-order valence-corrected chi connectivity index (χ0v) is 14.0. The number of carbonyl (C=O) groups excluding carboxylic acids is 1. The lowest BCUT2D eigenvalue weighted by molar-refractivity contribution is -0.153. The zero-order valence-electron chi connectivity index (χ0n) is 14.0. The van der Waals surface area contributed by atoms with E-state index in [4.69, 9.17) is 0 Å². The molecule has 1 saturated heterocycles. The summed E-state index contributed by atoms with van der Waals surface area (Å²) in [6, 6.07) is 5.35. The van der Waals surface area contributed by atoms with Gasteiger partial charge in [-0.2, -0.15) is 13.2 Å². The summed E-state index contributed by atoms with van der Waals surface area (Å²) < 4.78 is 41.0. The van der Waals surface area contributed by atoms with Crippen molar-refractivity contribution in [2.45, 2.75) is 26.4 Å². The minimum absolute atomic E-state index is 0.0114. The third-order valence-corrected chi connectivity index (χ3v) is 4.62. The Morgan fingerprint density at radius 3 is 2.32 bits per heavy atom. The van der Waals surface area contributed by atoms with Gasteiger partial charge in [0, 0.05) is 18.7 Å². The van der Waals surface area contributed by atoms with E-state index in [9.17, 15) is 27.9 Å². The highest BCUT2D eigenvalue weighted by Crippen LogP contribution is 2.38. The Balaban J connectivity index is 2.05. The number of halogens is 3. The molecule has 25 heavy (non-hydrogen) atoms. The quantitative estimate of drug-likeness (QED) is 0.877. The number of benzene rings is 1. The van der Waals surface area contributed by atoms with Gasteiger partial charge in [-0.25, -0.2) is 0 Å². The number of carboxylic acid groups (broad SMARTS) is 1. The molecular formula is C17H20F3NO4. The van der Waals surface area contributed by atoms with Crippen LogP contribution in [0, 0.1) is 11.3 Å². The Bertz CT molecular complexity index is 642. The molecule has 0 radical (unpaired) electrons. The van der Waals surface area contributed by atoms with Crippen molar-refractivity contribution in [1.29, 1.82) is 0 Å². The highest BCUT2D eigenvalue weighted by atomic mass is 19.4. The highest BCUT2D eigenvalue weighted by molar-refractivity contribution is 5.95. The first-order chi connectivity index (χ1) is 11.5. The molecule has 8 heteroatoms. The summed E-state index contributed by atoms with van der Waals surface area (Å²) in [5.74, 6) is -1.38. The highest BCUT2D eigenvalue weighted by Gasteiger charge is 2.48. The van der Waals surface area contributed by atoms with Gasteiger partial charge in [0.25, 0.3) is 5.91 Å². The van der Waals surface area contributed by atoms with E-state index in [1.165, 1.54) is 29.2 Å². The number of nitrogens with zero attached hydrogens (tertiary/aromatic N) is 1. The second-order valence-electron chi connectivity index (χ2n) is 6.52. The number of rotatable bonds is 5. The van der Waals surface area contributed by atoms with Crippen molar-refractivity contribution in [2.24, 2.45) is 11.3 Å². The number of aliphatic carboxylic acids is 1. The molecule has 1 N–H and O–H groups in total. The van der Waals surface area contributed by atoms with Crippen molar-refractivity contribution in [2.75, 3.05) is 19.7 Å². The third kappa shape index (κ3) is 4.24. The molecule has 0 saturated carbocycles. The summed E-state index contributed by atoms with van der Waals surface area (Å²) >= 11 is 0. The lowest BCUT2D eigenvalue weighted by Gasteiger charge is -2.28. The number of alkyl halides is 3. The van der Waals surface area contributed by atoms with Crippen molar-refractivity contribution in [3.8, 4) is 5.75 Å². The van der Waals surface area contributed by atoms with Crippen LogP contribution >= 0.6 is 0 Å². The van der Waals surface area contributed by atoms with Crippen LogP contribution in [0.3, 0.4) is 0 Å². The molecule has 1 atom stereocenters. The first-order valence-corrected chi connectivity index (χ1v) is 7.87. The average Bonchev–Trinajstić information content (AvgIpc) is 2.99. The van der Waals surface area contributed by atoms with Crippen molar-refractivity contribution in [3.05, 3.63) is 29.8 Å². The fourth-order valence-electron chi connectivity index (χ4n) is 2.94. The van der Waals surface area contributed by atoms with E-state index in [-0.39, 0.29) is 29.7 Å². The van der Waals surface area contributed by atoms with Crippen LogP contribution < -0.4 is 4.74 Å². The van der Waals surface area contributed by atoms with Gasteiger partial charge < -0.3 is 14.7 Å². The first-order valence-electron chi connectivity index (χ1n) is 7.87. The van der Waals surface area contributed by atoms with Crippen LogP contribution in [-0.2, 0) is 4.79 Å². The Hall–Kier alpha value is -2.25. The van der Waals surface area contributed by atoms with E-state index in [2.05, 4.69) is 4.74 Å². The molecule has 0 bridgehead atoms. The van der Waals surface area contributed by atoms with Crippen LogP contribution in [0.1, 0.15) is 30.6 Å². The third-order valence-electron chi connectivity index (χ3n) is 4.62. The largest absolute Gasteiger partial charge is 0.484 e. The fourth-order valence-corrected chi connectivity index (χ4v) is 2.94. The smallest absolute Gasteiger partial charge is 0.422 e. The maximum absolute atomic E-state index is 12.5. The SMILES string of the molecule is CC(C)C1(C(=O)O)CCN(C(=O)c2ccc(OCC(F)(F)F)cc2)C1. The lowest BCUT2D eigenvalue weighted by atomic mass is 9.76. The molecule has 2 rings (SSSR count). The summed E-state index contributed by atoms with van der Waals surface area (Å²) in [5.41, 5.74) is -0.685. The number of ether oxygens (including phenoxy) is 1. The van der Waals surface area contributed by atoms with Gasteiger partial charge in [-0.3, -0.25) is 9.59 Å². The molecule has 138 valence electrons. The number of hydrogen-bond donors (Lipinski definition) is 1. The molecule has 0 spiro atoms. The van der Waals surface area contributed by atoms with Crippen LogP contribution in [-0.4, -0.2) is 47.8 Å². The molecule has 1 aromatic carbocycles. The molecule has 1 heterocycles. The minimum Gasteiger partial charge on any atom is -0.484 e. The van der Waals surface area contributed by atoms with Gasteiger partial charge >= 0.3 is 12.1 Å². The molecule has 5 nitrogen and oxygen atoms in total. The number of amides is 1. The Kier molecular flexibility index (Phi) is 5.29. The van der Waals surface area contributed by atoms with E-state index in [0.29, 0.717) is 13.0 Å². The molecule has 0 aliphatic carbocycles. The average molecular weight is 359 g/mol. The second kappa shape index (κ2) is 6.93. The molecule has 1 aliphatic heterocycles.